The minimum Gasteiger partial charge on any atom is -0.305 e. The van der Waals surface area contributed by atoms with Gasteiger partial charge in [0, 0.05) is 36.1 Å². The Labute approximate surface area is 181 Å². The molecule has 0 aliphatic rings. The first-order valence-corrected chi connectivity index (χ1v) is 9.62. The highest BCUT2D eigenvalue weighted by molar-refractivity contribution is 6.11. The fraction of sp³-hybridized carbons (Fsp3) is 0.182. The van der Waals surface area contributed by atoms with E-state index in [0.717, 1.165) is 35.4 Å². The second-order valence-electron chi connectivity index (χ2n) is 7.54. The highest BCUT2D eigenvalue weighted by Gasteiger charge is 2.30. The zero-order valence-electron chi connectivity index (χ0n) is 17.2. The van der Waals surface area contributed by atoms with Crippen LogP contribution in [0.15, 0.2) is 55.0 Å². The average Bonchev–Trinajstić information content (AvgIpc) is 3.16. The Bertz CT molecular complexity index is 1260. The van der Waals surface area contributed by atoms with E-state index < -0.39 is 17.6 Å². The Kier molecular flexibility index (Phi) is 5.62. The molecule has 0 fully saturated rings. The number of carbonyl (C=O) groups excluding carboxylic acids is 1. The number of hydrogen-bond acceptors (Lipinski definition) is 5. The Balaban J connectivity index is 1.61. The predicted octanol–water partition coefficient (Wildman–Crippen LogP) is 4.35. The number of anilines is 1. The second kappa shape index (κ2) is 8.39. The molecule has 7 nitrogen and oxygen atoms in total. The van der Waals surface area contributed by atoms with E-state index >= 15 is 0 Å². The first-order chi connectivity index (χ1) is 15.2. The van der Waals surface area contributed by atoms with Gasteiger partial charge in [0.1, 0.15) is 5.82 Å². The van der Waals surface area contributed by atoms with E-state index in [1.165, 1.54) is 0 Å². The summed E-state index contributed by atoms with van der Waals surface area (Å²) in [6, 6.07) is 9.52. The number of amides is 1. The number of nitrogens with zero attached hydrogens (tertiary/aromatic N) is 4. The number of fused-ring (bicyclic) bond motifs is 1. The van der Waals surface area contributed by atoms with Gasteiger partial charge in [-0.2, -0.15) is 18.3 Å². The second-order valence-corrected chi connectivity index (χ2v) is 7.54. The van der Waals surface area contributed by atoms with Crippen LogP contribution in [0, 0.1) is 0 Å². The number of hydrogen-bond donors (Lipinski definition) is 2. The van der Waals surface area contributed by atoms with Gasteiger partial charge in [0.05, 0.1) is 11.1 Å². The summed E-state index contributed by atoms with van der Waals surface area (Å²) in [6.07, 6.45) is -0.283. The molecular formula is C22H19F3N6O. The van der Waals surface area contributed by atoms with Crippen LogP contribution in [-0.4, -0.2) is 45.1 Å². The smallest absolute Gasteiger partial charge is 0.305 e. The minimum absolute atomic E-state index is 0.00380. The fourth-order valence-corrected chi connectivity index (χ4v) is 3.27. The van der Waals surface area contributed by atoms with Crippen LogP contribution in [0.1, 0.15) is 21.6 Å². The maximum atomic E-state index is 12.7. The highest BCUT2D eigenvalue weighted by atomic mass is 19.4. The lowest BCUT2D eigenvalue weighted by Gasteiger charge is -2.10. The summed E-state index contributed by atoms with van der Waals surface area (Å²) in [5.41, 5.74) is 2.66. The van der Waals surface area contributed by atoms with E-state index in [9.17, 15) is 18.0 Å². The number of pyridine rings is 2. The van der Waals surface area contributed by atoms with Crippen molar-refractivity contribution in [2.24, 2.45) is 0 Å². The van der Waals surface area contributed by atoms with Crippen LogP contribution < -0.4 is 5.32 Å². The molecule has 0 saturated carbocycles. The van der Waals surface area contributed by atoms with Crippen LogP contribution in [0.25, 0.3) is 22.0 Å². The third-order valence-corrected chi connectivity index (χ3v) is 4.74. The minimum atomic E-state index is -4.50. The van der Waals surface area contributed by atoms with Gasteiger partial charge in [-0.3, -0.25) is 14.9 Å². The predicted molar refractivity (Wildman–Crippen MR) is 114 cm³/mol. The molecule has 0 spiro atoms. The Morgan fingerprint density at radius 3 is 2.56 bits per heavy atom. The lowest BCUT2D eigenvalue weighted by atomic mass is 10.0. The van der Waals surface area contributed by atoms with E-state index in [0.29, 0.717) is 17.1 Å². The molecule has 0 radical (unpaired) electrons. The zero-order chi connectivity index (χ0) is 22.9. The van der Waals surface area contributed by atoms with Gasteiger partial charge in [-0.25, -0.2) is 4.98 Å². The van der Waals surface area contributed by atoms with Crippen LogP contribution in [0.5, 0.6) is 0 Å². The van der Waals surface area contributed by atoms with Gasteiger partial charge in [-0.1, -0.05) is 6.07 Å². The van der Waals surface area contributed by atoms with E-state index in [-0.39, 0.29) is 11.5 Å². The maximum Gasteiger partial charge on any atom is 0.417 e. The zero-order valence-corrected chi connectivity index (χ0v) is 17.2. The van der Waals surface area contributed by atoms with Crippen LogP contribution in [0.3, 0.4) is 0 Å². The molecule has 0 atom stereocenters. The van der Waals surface area contributed by atoms with Gasteiger partial charge in [0.25, 0.3) is 5.91 Å². The van der Waals surface area contributed by atoms with Crippen molar-refractivity contribution in [3.05, 3.63) is 71.8 Å². The van der Waals surface area contributed by atoms with Crippen molar-refractivity contribution in [3.8, 4) is 11.1 Å². The first-order valence-electron chi connectivity index (χ1n) is 9.62. The number of H-pyrrole nitrogens is 1. The molecule has 1 amide bonds. The van der Waals surface area contributed by atoms with Gasteiger partial charge < -0.3 is 10.2 Å². The summed E-state index contributed by atoms with van der Waals surface area (Å²) in [4.78, 5) is 22.7. The topological polar surface area (TPSA) is 86.8 Å². The number of carbonyl (C=O) groups is 1. The summed E-state index contributed by atoms with van der Waals surface area (Å²) in [6.45, 7) is 0.739. The molecule has 0 aliphatic heterocycles. The van der Waals surface area contributed by atoms with Crippen molar-refractivity contribution in [1.29, 1.82) is 0 Å². The van der Waals surface area contributed by atoms with Gasteiger partial charge in [0.15, 0.2) is 5.69 Å². The number of aromatic nitrogens is 4. The lowest BCUT2D eigenvalue weighted by molar-refractivity contribution is -0.137. The summed E-state index contributed by atoms with van der Waals surface area (Å²) in [5, 5.41) is 9.93. The molecule has 10 heteroatoms. The number of aromatic amines is 1. The standard InChI is InChI=1S/C22H19F3N6O/c1-31(2)12-13-7-15(10-26-9-13)14-3-5-18-17(8-14)20(30-29-18)21(32)28-19-6-4-16(11-27-19)22(23,24)25/h3-11H,12H2,1-2H3,(H,29,30)(H,27,28,32). The van der Waals surface area contributed by atoms with E-state index in [4.69, 9.17) is 0 Å². The molecular weight excluding hydrogens is 421 g/mol. The van der Waals surface area contributed by atoms with Crippen molar-refractivity contribution < 1.29 is 18.0 Å². The highest BCUT2D eigenvalue weighted by Crippen LogP contribution is 2.29. The molecule has 4 rings (SSSR count). The summed E-state index contributed by atoms with van der Waals surface area (Å²) < 4.78 is 38.1. The van der Waals surface area contributed by atoms with Gasteiger partial charge in [-0.15, -0.1) is 0 Å². The molecule has 0 unspecified atom stereocenters. The monoisotopic (exact) mass is 440 g/mol. The van der Waals surface area contributed by atoms with Crippen molar-refractivity contribution in [1.82, 2.24) is 25.1 Å². The van der Waals surface area contributed by atoms with Gasteiger partial charge in [0.2, 0.25) is 0 Å². The third kappa shape index (κ3) is 4.59. The van der Waals surface area contributed by atoms with Crippen LogP contribution in [-0.2, 0) is 12.7 Å². The molecule has 164 valence electrons. The molecule has 3 aromatic heterocycles. The lowest BCUT2D eigenvalue weighted by Crippen LogP contribution is -2.14. The van der Waals surface area contributed by atoms with Crippen molar-refractivity contribution in [2.45, 2.75) is 12.7 Å². The summed E-state index contributed by atoms with van der Waals surface area (Å²) in [5.74, 6) is -0.587. The molecule has 1 aromatic carbocycles. The number of halogens is 3. The molecule has 0 bridgehead atoms. The van der Waals surface area contributed by atoms with Crippen molar-refractivity contribution in [3.63, 3.8) is 0 Å². The maximum absolute atomic E-state index is 12.7. The SMILES string of the molecule is CN(C)Cc1cncc(-c2ccc3[nH]nc(C(=O)Nc4ccc(C(F)(F)F)cn4)c3c2)c1. The molecule has 0 saturated heterocycles. The van der Waals surface area contributed by atoms with Gasteiger partial charge >= 0.3 is 6.18 Å². The summed E-state index contributed by atoms with van der Waals surface area (Å²) >= 11 is 0. The first kappa shape index (κ1) is 21.4. The van der Waals surface area contributed by atoms with Crippen LogP contribution in [0.4, 0.5) is 19.0 Å². The molecule has 4 aromatic rings. The number of rotatable bonds is 5. The fourth-order valence-electron chi connectivity index (χ4n) is 3.27. The quantitative estimate of drug-likeness (QED) is 0.482. The molecule has 0 aliphatic carbocycles. The number of alkyl halides is 3. The van der Waals surface area contributed by atoms with Crippen LogP contribution in [0.2, 0.25) is 0 Å². The van der Waals surface area contributed by atoms with E-state index in [1.807, 2.05) is 43.3 Å². The number of benzene rings is 1. The normalized spacial score (nSPS) is 11.8. The Hall–Kier alpha value is -3.79. The molecule has 3 heterocycles. The Morgan fingerprint density at radius 2 is 1.88 bits per heavy atom. The summed E-state index contributed by atoms with van der Waals surface area (Å²) in [7, 11) is 3.95. The van der Waals surface area contributed by atoms with Crippen LogP contribution >= 0.6 is 0 Å². The van der Waals surface area contributed by atoms with Gasteiger partial charge in [-0.05, 0) is 55.6 Å². The van der Waals surface area contributed by atoms with E-state index in [1.54, 1.807) is 12.4 Å². The average molecular weight is 440 g/mol. The third-order valence-electron chi connectivity index (χ3n) is 4.74. The van der Waals surface area contributed by atoms with Crippen molar-refractivity contribution >= 4 is 22.6 Å². The largest absolute Gasteiger partial charge is 0.417 e. The van der Waals surface area contributed by atoms with Crippen molar-refractivity contribution in [2.75, 3.05) is 19.4 Å². The van der Waals surface area contributed by atoms with E-state index in [2.05, 4.69) is 25.5 Å². The molecule has 32 heavy (non-hydrogen) atoms. The number of nitrogens with one attached hydrogen (secondary N) is 2. The molecule has 2 N–H and O–H groups in total. The Morgan fingerprint density at radius 1 is 1.06 bits per heavy atom.